The van der Waals surface area contributed by atoms with Crippen molar-refractivity contribution in [2.45, 2.75) is 19.4 Å². The first kappa shape index (κ1) is 16.6. The summed E-state index contributed by atoms with van der Waals surface area (Å²) in [7, 11) is 1.69. The number of hydrogen-bond acceptors (Lipinski definition) is 6. The van der Waals surface area contributed by atoms with Crippen LogP contribution in [0.25, 0.3) is 0 Å². The van der Waals surface area contributed by atoms with Gasteiger partial charge in [-0.3, -0.25) is 4.90 Å². The Morgan fingerprint density at radius 2 is 2.35 bits per heavy atom. The van der Waals surface area contributed by atoms with Crippen molar-refractivity contribution in [2.75, 3.05) is 38.7 Å². The summed E-state index contributed by atoms with van der Waals surface area (Å²) in [5, 5.41) is 5.15. The Kier molecular flexibility index (Phi) is 5.83. The van der Waals surface area contributed by atoms with Crippen LogP contribution in [0.5, 0.6) is 0 Å². The second kappa shape index (κ2) is 8.06. The number of nitrogens with zero attached hydrogens (tertiary/aromatic N) is 3. The number of ether oxygens (including phenoxy) is 1. The molecule has 0 spiro atoms. The van der Waals surface area contributed by atoms with Crippen LogP contribution < -0.4 is 5.32 Å². The molecule has 23 heavy (non-hydrogen) atoms. The Hall–Kier alpha value is -1.21. The minimum atomic E-state index is 0.659. The average Bonchev–Trinajstić information content (AvgIpc) is 3.01. The summed E-state index contributed by atoms with van der Waals surface area (Å²) in [5.74, 6) is 0.848. The van der Waals surface area contributed by atoms with Gasteiger partial charge >= 0.3 is 0 Å². The van der Waals surface area contributed by atoms with Crippen LogP contribution in [0.3, 0.4) is 0 Å². The molecule has 1 N–H and O–H groups in total. The summed E-state index contributed by atoms with van der Waals surface area (Å²) in [4.78, 5) is 6.90. The van der Waals surface area contributed by atoms with Crippen LogP contribution in [-0.4, -0.2) is 47.6 Å². The highest BCUT2D eigenvalue weighted by atomic mass is 35.5. The van der Waals surface area contributed by atoms with Crippen LogP contribution >= 0.6 is 23.1 Å². The van der Waals surface area contributed by atoms with Gasteiger partial charge in [-0.25, -0.2) is 4.98 Å². The molecule has 0 saturated heterocycles. The van der Waals surface area contributed by atoms with E-state index in [-0.39, 0.29) is 0 Å². The van der Waals surface area contributed by atoms with Crippen LogP contribution in [0.1, 0.15) is 17.0 Å². The van der Waals surface area contributed by atoms with E-state index in [1.54, 1.807) is 7.11 Å². The van der Waals surface area contributed by atoms with E-state index >= 15 is 0 Å². The monoisotopic (exact) mass is 352 g/mol. The van der Waals surface area contributed by atoms with Gasteiger partial charge in [0.2, 0.25) is 5.13 Å². The maximum atomic E-state index is 6.26. The Morgan fingerprint density at radius 3 is 3.22 bits per heavy atom. The van der Waals surface area contributed by atoms with Gasteiger partial charge < -0.3 is 10.1 Å². The zero-order valence-corrected chi connectivity index (χ0v) is 14.8. The smallest absolute Gasteiger partial charge is 0.202 e. The number of hydrogen-bond donors (Lipinski definition) is 1. The maximum absolute atomic E-state index is 6.26. The zero-order valence-electron chi connectivity index (χ0n) is 13.2. The molecule has 1 aromatic heterocycles. The molecular formula is C16H21ClN4OS. The molecule has 0 saturated carbocycles. The molecule has 2 aromatic rings. The van der Waals surface area contributed by atoms with Crippen molar-refractivity contribution in [1.29, 1.82) is 0 Å². The molecule has 0 bridgehead atoms. The standard InChI is InChI=1S/C16H21ClN4OS/c1-22-10-6-15-19-16(23-20-15)18-7-9-21-8-5-13-12(11-21)3-2-4-14(13)17/h2-4H,5-11H2,1H3,(H,18,19,20). The van der Waals surface area contributed by atoms with Crippen molar-refractivity contribution in [2.24, 2.45) is 0 Å². The van der Waals surface area contributed by atoms with Crippen molar-refractivity contribution in [3.05, 3.63) is 40.2 Å². The van der Waals surface area contributed by atoms with Crippen LogP contribution in [0.15, 0.2) is 18.2 Å². The second-order valence-corrected chi connectivity index (χ2v) is 6.75. The van der Waals surface area contributed by atoms with Crippen LogP contribution in [0.4, 0.5) is 5.13 Å². The van der Waals surface area contributed by atoms with Gasteiger partial charge in [0.1, 0.15) is 5.82 Å². The molecule has 1 aromatic carbocycles. The normalized spacial score (nSPS) is 14.7. The van der Waals surface area contributed by atoms with Gasteiger partial charge in [0.15, 0.2) is 0 Å². The first-order chi connectivity index (χ1) is 11.3. The van der Waals surface area contributed by atoms with Crippen LogP contribution in [-0.2, 0) is 24.1 Å². The van der Waals surface area contributed by atoms with E-state index in [9.17, 15) is 0 Å². The third kappa shape index (κ3) is 4.41. The third-order valence-electron chi connectivity index (χ3n) is 3.99. The van der Waals surface area contributed by atoms with Gasteiger partial charge in [0.25, 0.3) is 0 Å². The fourth-order valence-electron chi connectivity index (χ4n) is 2.75. The molecule has 5 nitrogen and oxygen atoms in total. The van der Waals surface area contributed by atoms with Crippen molar-refractivity contribution in [1.82, 2.24) is 14.3 Å². The molecule has 124 valence electrons. The first-order valence-corrected chi connectivity index (χ1v) is 8.95. The van der Waals surface area contributed by atoms with E-state index in [2.05, 4.69) is 25.6 Å². The highest BCUT2D eigenvalue weighted by Gasteiger charge is 2.17. The van der Waals surface area contributed by atoms with E-state index in [1.807, 2.05) is 12.1 Å². The van der Waals surface area contributed by atoms with E-state index in [1.165, 1.54) is 22.7 Å². The van der Waals surface area contributed by atoms with Crippen molar-refractivity contribution in [3.63, 3.8) is 0 Å². The summed E-state index contributed by atoms with van der Waals surface area (Å²) < 4.78 is 9.36. The number of fused-ring (bicyclic) bond motifs is 1. The van der Waals surface area contributed by atoms with Gasteiger partial charge in [0, 0.05) is 56.3 Å². The van der Waals surface area contributed by atoms with Crippen molar-refractivity contribution >= 4 is 28.3 Å². The molecule has 7 heteroatoms. The minimum absolute atomic E-state index is 0.659. The molecule has 0 amide bonds. The molecule has 0 atom stereocenters. The summed E-state index contributed by atoms with van der Waals surface area (Å²) in [6.45, 7) is 4.53. The Bertz CT molecular complexity index is 649. The fourth-order valence-corrected chi connectivity index (χ4v) is 3.68. The Labute approximate surface area is 145 Å². The summed E-state index contributed by atoms with van der Waals surface area (Å²) in [6, 6.07) is 6.19. The number of aromatic nitrogens is 2. The highest BCUT2D eigenvalue weighted by molar-refractivity contribution is 7.09. The average molecular weight is 353 g/mol. The van der Waals surface area contributed by atoms with E-state index in [0.717, 1.165) is 55.0 Å². The first-order valence-electron chi connectivity index (χ1n) is 7.80. The molecule has 1 aliphatic heterocycles. The number of halogens is 1. The van der Waals surface area contributed by atoms with Gasteiger partial charge in [-0.1, -0.05) is 23.7 Å². The summed E-state index contributed by atoms with van der Waals surface area (Å²) >= 11 is 7.67. The van der Waals surface area contributed by atoms with E-state index in [0.29, 0.717) is 6.61 Å². The number of methoxy groups -OCH3 is 1. The summed E-state index contributed by atoms with van der Waals surface area (Å²) in [5.41, 5.74) is 2.66. The minimum Gasteiger partial charge on any atom is -0.384 e. The van der Waals surface area contributed by atoms with Gasteiger partial charge in [-0.2, -0.15) is 4.37 Å². The lowest BCUT2D eigenvalue weighted by atomic mass is 10.00. The van der Waals surface area contributed by atoms with Crippen molar-refractivity contribution < 1.29 is 4.74 Å². The molecule has 0 aliphatic carbocycles. The number of anilines is 1. The molecule has 0 radical (unpaired) electrons. The largest absolute Gasteiger partial charge is 0.384 e. The lowest BCUT2D eigenvalue weighted by Crippen LogP contribution is -2.34. The predicted molar refractivity (Wildman–Crippen MR) is 94.4 cm³/mol. The molecule has 0 fully saturated rings. The maximum Gasteiger partial charge on any atom is 0.202 e. The second-order valence-electron chi connectivity index (χ2n) is 5.59. The van der Waals surface area contributed by atoms with E-state index in [4.69, 9.17) is 16.3 Å². The highest BCUT2D eigenvalue weighted by Crippen LogP contribution is 2.25. The van der Waals surface area contributed by atoms with E-state index < -0.39 is 0 Å². The lowest BCUT2D eigenvalue weighted by molar-refractivity contribution is 0.201. The Balaban J connectivity index is 1.45. The topological polar surface area (TPSA) is 50.3 Å². The number of nitrogens with one attached hydrogen (secondary N) is 1. The zero-order chi connectivity index (χ0) is 16.1. The van der Waals surface area contributed by atoms with Gasteiger partial charge in [0.05, 0.1) is 6.61 Å². The lowest BCUT2D eigenvalue weighted by Gasteiger charge is -2.29. The summed E-state index contributed by atoms with van der Waals surface area (Å²) in [6.07, 6.45) is 1.79. The molecule has 0 unspecified atom stereocenters. The SMILES string of the molecule is COCCc1nsc(NCCN2CCc3c(Cl)cccc3C2)n1. The number of benzene rings is 1. The Morgan fingerprint density at radius 1 is 1.43 bits per heavy atom. The van der Waals surface area contributed by atoms with Gasteiger partial charge in [-0.15, -0.1) is 0 Å². The predicted octanol–water partition coefficient (Wildman–Crippen LogP) is 2.85. The van der Waals surface area contributed by atoms with Crippen LogP contribution in [0, 0.1) is 0 Å². The molecule has 2 heterocycles. The number of rotatable bonds is 7. The fraction of sp³-hybridized carbons (Fsp3) is 0.500. The van der Waals surface area contributed by atoms with Crippen molar-refractivity contribution in [3.8, 4) is 0 Å². The molecule has 1 aliphatic rings. The van der Waals surface area contributed by atoms with Gasteiger partial charge in [-0.05, 0) is 23.6 Å². The molecule has 3 rings (SSSR count). The molecular weight excluding hydrogens is 332 g/mol. The van der Waals surface area contributed by atoms with Crippen LogP contribution in [0.2, 0.25) is 5.02 Å². The third-order valence-corrected chi connectivity index (χ3v) is 5.05. The quantitative estimate of drug-likeness (QED) is 0.830.